The Kier molecular flexibility index (Phi) is 7.75. The highest BCUT2D eigenvalue weighted by atomic mass is 16.6. The molecule has 1 aromatic heterocycles. The maximum absolute atomic E-state index is 13.5. The van der Waals surface area contributed by atoms with E-state index in [0.29, 0.717) is 34.2 Å². The Labute approximate surface area is 222 Å². The quantitative estimate of drug-likeness (QED) is 0.189. The van der Waals surface area contributed by atoms with Crippen molar-refractivity contribution in [2.45, 2.75) is 6.92 Å². The second-order valence-electron chi connectivity index (χ2n) is 8.19. The number of hydrogen-bond acceptors (Lipinski definition) is 8. The van der Waals surface area contributed by atoms with E-state index in [1.54, 1.807) is 6.92 Å². The molecule has 0 aliphatic rings. The number of nitro groups is 1. The van der Waals surface area contributed by atoms with Crippen molar-refractivity contribution in [1.29, 1.82) is 0 Å². The van der Waals surface area contributed by atoms with Gasteiger partial charge in [-0.25, -0.2) is 10.1 Å². The van der Waals surface area contributed by atoms with Crippen LogP contribution in [0.3, 0.4) is 0 Å². The molecule has 3 aromatic carbocycles. The Morgan fingerprint density at radius 3 is 2.13 bits per heavy atom. The first-order chi connectivity index (χ1) is 18.8. The summed E-state index contributed by atoms with van der Waals surface area (Å²) in [5.74, 6) is 0.361. The number of carbonyl (C=O) groups is 1. The number of non-ortho nitro benzene ring substituents is 1. The molecule has 0 radical (unpaired) electrons. The minimum Gasteiger partial charge on any atom is -0.493 e. The van der Waals surface area contributed by atoms with Gasteiger partial charge in [0.25, 0.3) is 17.2 Å². The largest absolute Gasteiger partial charge is 0.493 e. The van der Waals surface area contributed by atoms with Gasteiger partial charge in [-0.15, -0.1) is 0 Å². The van der Waals surface area contributed by atoms with E-state index in [4.69, 9.17) is 14.2 Å². The van der Waals surface area contributed by atoms with E-state index >= 15 is 0 Å². The van der Waals surface area contributed by atoms with Crippen LogP contribution in [0.1, 0.15) is 22.8 Å². The standard InChI is InChI=1S/C27H25N5O7/c1-16(28-29-26(33)18-14-21(37-2)25(39-4)22(15-18)38-3)23-24(17-8-6-5-7-9-17)30-31(27(23)34)19-10-12-20(13-11-19)32(35)36/h5-15,30H,1-4H3,(H,29,33). The topological polar surface area (TPSA) is 150 Å². The lowest BCUT2D eigenvalue weighted by atomic mass is 10.1. The van der Waals surface area contributed by atoms with E-state index in [1.165, 1.54) is 62.4 Å². The van der Waals surface area contributed by atoms with Crippen LogP contribution in [0.15, 0.2) is 76.6 Å². The number of H-pyrrole nitrogens is 1. The van der Waals surface area contributed by atoms with Crippen molar-refractivity contribution >= 4 is 17.3 Å². The van der Waals surface area contributed by atoms with E-state index in [9.17, 15) is 19.7 Å². The monoisotopic (exact) mass is 531 g/mol. The minimum atomic E-state index is -0.568. The third kappa shape index (κ3) is 5.34. The number of aromatic nitrogens is 2. The fourth-order valence-electron chi connectivity index (χ4n) is 3.96. The Hall–Kier alpha value is -5.39. The Bertz CT molecular complexity index is 1580. The lowest BCUT2D eigenvalue weighted by Crippen LogP contribution is -2.23. The maximum Gasteiger partial charge on any atom is 0.281 e. The number of nitrogens with zero attached hydrogens (tertiary/aromatic N) is 3. The Morgan fingerprint density at radius 2 is 1.59 bits per heavy atom. The molecule has 12 nitrogen and oxygen atoms in total. The predicted molar refractivity (Wildman–Crippen MR) is 144 cm³/mol. The first-order valence-corrected chi connectivity index (χ1v) is 11.6. The lowest BCUT2D eigenvalue weighted by Gasteiger charge is -2.13. The zero-order valence-corrected chi connectivity index (χ0v) is 21.6. The first-order valence-electron chi connectivity index (χ1n) is 11.6. The molecule has 12 heteroatoms. The van der Waals surface area contributed by atoms with Crippen LogP contribution in [0.4, 0.5) is 5.69 Å². The third-order valence-electron chi connectivity index (χ3n) is 5.89. The van der Waals surface area contributed by atoms with E-state index in [1.807, 2.05) is 30.3 Å². The van der Waals surface area contributed by atoms with Gasteiger partial charge < -0.3 is 14.2 Å². The Morgan fingerprint density at radius 1 is 0.974 bits per heavy atom. The molecule has 0 atom stereocenters. The summed E-state index contributed by atoms with van der Waals surface area (Å²) in [6.07, 6.45) is 0. The first kappa shape index (κ1) is 26.7. The van der Waals surface area contributed by atoms with Gasteiger partial charge in [0.15, 0.2) is 11.5 Å². The highest BCUT2D eigenvalue weighted by Gasteiger charge is 2.21. The SMILES string of the molecule is COc1cc(C(=O)NN=C(C)c2c(-c3ccccc3)[nH]n(-c3ccc([N+](=O)[O-])cc3)c2=O)cc(OC)c1OC. The fourth-order valence-corrected chi connectivity index (χ4v) is 3.96. The van der Waals surface area contributed by atoms with Crippen molar-refractivity contribution in [2.24, 2.45) is 5.10 Å². The van der Waals surface area contributed by atoms with Crippen molar-refractivity contribution < 1.29 is 23.9 Å². The second-order valence-corrected chi connectivity index (χ2v) is 8.19. The highest BCUT2D eigenvalue weighted by molar-refractivity contribution is 6.04. The van der Waals surface area contributed by atoms with Crippen molar-refractivity contribution in [2.75, 3.05) is 21.3 Å². The summed E-state index contributed by atoms with van der Waals surface area (Å²) in [4.78, 5) is 37.0. The lowest BCUT2D eigenvalue weighted by molar-refractivity contribution is -0.384. The summed E-state index contributed by atoms with van der Waals surface area (Å²) in [5, 5.41) is 18.3. The molecule has 0 aliphatic heterocycles. The van der Waals surface area contributed by atoms with Crippen LogP contribution >= 0.6 is 0 Å². The summed E-state index contributed by atoms with van der Waals surface area (Å²) >= 11 is 0. The summed E-state index contributed by atoms with van der Waals surface area (Å²) in [6.45, 7) is 1.59. The molecule has 1 amide bonds. The number of methoxy groups -OCH3 is 3. The van der Waals surface area contributed by atoms with E-state index < -0.39 is 16.4 Å². The van der Waals surface area contributed by atoms with Crippen molar-refractivity contribution in [3.05, 3.63) is 98.3 Å². The van der Waals surface area contributed by atoms with Crippen LogP contribution in [0, 0.1) is 10.1 Å². The predicted octanol–water partition coefficient (Wildman–Crippen LogP) is 3.92. The molecule has 39 heavy (non-hydrogen) atoms. The fraction of sp³-hybridized carbons (Fsp3) is 0.148. The normalized spacial score (nSPS) is 11.1. The van der Waals surface area contributed by atoms with Crippen LogP contribution in [0.25, 0.3) is 16.9 Å². The molecule has 4 rings (SSSR count). The number of benzene rings is 3. The van der Waals surface area contributed by atoms with Gasteiger partial charge in [-0.1, -0.05) is 30.3 Å². The number of aromatic amines is 1. The van der Waals surface area contributed by atoms with Gasteiger partial charge in [-0.3, -0.25) is 24.8 Å². The van der Waals surface area contributed by atoms with Gasteiger partial charge >= 0.3 is 0 Å². The van der Waals surface area contributed by atoms with E-state index in [0.717, 1.165) is 0 Å². The molecule has 0 aliphatic carbocycles. The third-order valence-corrected chi connectivity index (χ3v) is 5.89. The molecule has 4 aromatic rings. The van der Waals surface area contributed by atoms with Crippen molar-refractivity contribution in [1.82, 2.24) is 15.2 Å². The second kappa shape index (κ2) is 11.3. The molecule has 0 saturated carbocycles. The summed E-state index contributed by atoms with van der Waals surface area (Å²) < 4.78 is 17.2. The number of hydrazone groups is 1. The number of nitro benzene ring substituents is 1. The van der Waals surface area contributed by atoms with E-state index in [2.05, 4.69) is 15.6 Å². The van der Waals surface area contributed by atoms with Crippen molar-refractivity contribution in [3.8, 4) is 34.2 Å². The minimum absolute atomic E-state index is 0.103. The smallest absolute Gasteiger partial charge is 0.281 e. The van der Waals surface area contributed by atoms with Gasteiger partial charge in [0.05, 0.1) is 48.9 Å². The number of amides is 1. The van der Waals surface area contributed by atoms with Gasteiger partial charge in [0.1, 0.15) is 0 Å². The molecule has 0 spiro atoms. The molecule has 2 N–H and O–H groups in total. The van der Waals surface area contributed by atoms with Gasteiger partial charge in [-0.05, 0) is 31.2 Å². The molecular weight excluding hydrogens is 506 g/mol. The van der Waals surface area contributed by atoms with Crippen LogP contribution in [-0.2, 0) is 0 Å². The van der Waals surface area contributed by atoms with Crippen LogP contribution in [-0.4, -0.2) is 47.7 Å². The zero-order valence-electron chi connectivity index (χ0n) is 21.6. The van der Waals surface area contributed by atoms with Crippen LogP contribution in [0.2, 0.25) is 0 Å². The number of rotatable bonds is 9. The number of ether oxygens (including phenoxy) is 3. The number of nitrogens with one attached hydrogen (secondary N) is 2. The average Bonchev–Trinajstić information content (AvgIpc) is 3.32. The molecule has 0 bridgehead atoms. The molecule has 0 fully saturated rings. The Balaban J connectivity index is 1.73. The molecule has 0 saturated heterocycles. The van der Waals surface area contributed by atoms with Gasteiger partial charge in [-0.2, -0.15) is 5.10 Å². The molecule has 1 heterocycles. The summed E-state index contributed by atoms with van der Waals surface area (Å²) in [7, 11) is 4.33. The average molecular weight is 532 g/mol. The summed E-state index contributed by atoms with van der Waals surface area (Å²) in [6, 6.07) is 17.6. The molecule has 0 unspecified atom stereocenters. The number of hydrogen-bond donors (Lipinski definition) is 2. The molecule has 200 valence electrons. The van der Waals surface area contributed by atoms with Crippen LogP contribution < -0.4 is 25.2 Å². The van der Waals surface area contributed by atoms with E-state index in [-0.39, 0.29) is 22.5 Å². The zero-order chi connectivity index (χ0) is 28.1. The highest BCUT2D eigenvalue weighted by Crippen LogP contribution is 2.38. The summed E-state index contributed by atoms with van der Waals surface area (Å²) in [5.41, 5.74) is 4.12. The number of carbonyl (C=O) groups excluding carboxylic acids is 1. The molecular formula is C27H25N5O7. The van der Waals surface area contributed by atoms with Crippen LogP contribution in [0.5, 0.6) is 17.2 Å². The maximum atomic E-state index is 13.5. The van der Waals surface area contributed by atoms with Gasteiger partial charge in [0.2, 0.25) is 5.75 Å². The van der Waals surface area contributed by atoms with Gasteiger partial charge in [0, 0.05) is 23.3 Å². The van der Waals surface area contributed by atoms with Crippen molar-refractivity contribution in [3.63, 3.8) is 0 Å².